The zero-order valence-corrected chi connectivity index (χ0v) is 9.85. The van der Waals surface area contributed by atoms with E-state index in [4.69, 9.17) is 5.84 Å². The smallest absolute Gasteiger partial charge is 0.254 e. The second-order valence-corrected chi connectivity index (χ2v) is 4.37. The van der Waals surface area contributed by atoms with Crippen LogP contribution in [-0.4, -0.2) is 16.8 Å². The van der Waals surface area contributed by atoms with Crippen LogP contribution in [0.2, 0.25) is 0 Å². The van der Waals surface area contributed by atoms with Gasteiger partial charge in [0.2, 0.25) is 5.91 Å². The summed E-state index contributed by atoms with van der Waals surface area (Å²) < 4.78 is 0. The van der Waals surface area contributed by atoms with Crippen molar-refractivity contribution in [2.75, 3.05) is 0 Å². The summed E-state index contributed by atoms with van der Waals surface area (Å²) in [6, 6.07) is 9.55. The first-order valence-corrected chi connectivity index (χ1v) is 5.79. The second kappa shape index (κ2) is 4.30. The Bertz CT molecular complexity index is 444. The van der Waals surface area contributed by atoms with E-state index in [0.29, 0.717) is 19.3 Å². The Hall–Kier alpha value is -1.68. The van der Waals surface area contributed by atoms with Crippen molar-refractivity contribution in [3.8, 4) is 0 Å². The van der Waals surface area contributed by atoms with Gasteiger partial charge in [0, 0.05) is 6.42 Å². The van der Waals surface area contributed by atoms with Crippen molar-refractivity contribution >= 4 is 11.8 Å². The maximum Gasteiger partial charge on any atom is 0.254 e. The van der Waals surface area contributed by atoms with E-state index in [0.717, 1.165) is 10.6 Å². The molecule has 2 amide bonds. The molecule has 1 aromatic carbocycles. The molecule has 1 aromatic rings. The number of piperidine rings is 1. The topological polar surface area (TPSA) is 63.4 Å². The Morgan fingerprint density at radius 3 is 2.53 bits per heavy atom. The number of hydrogen-bond acceptors (Lipinski definition) is 3. The fourth-order valence-corrected chi connectivity index (χ4v) is 2.45. The standard InChI is InChI=1S/C13H16N2O2/c1-2-13(10-6-4-3-5-7-10)9-8-11(16)15(14)12(13)17/h3-7H,2,8-9,14H2,1H3. The fourth-order valence-electron chi connectivity index (χ4n) is 2.45. The Morgan fingerprint density at radius 2 is 1.94 bits per heavy atom. The molecule has 1 aliphatic rings. The van der Waals surface area contributed by atoms with E-state index >= 15 is 0 Å². The van der Waals surface area contributed by atoms with Gasteiger partial charge in [-0.05, 0) is 18.4 Å². The van der Waals surface area contributed by atoms with Gasteiger partial charge < -0.3 is 0 Å². The molecule has 4 heteroatoms. The van der Waals surface area contributed by atoms with Crippen molar-refractivity contribution < 1.29 is 9.59 Å². The van der Waals surface area contributed by atoms with Crippen LogP contribution in [0.3, 0.4) is 0 Å². The quantitative estimate of drug-likeness (QED) is 0.475. The van der Waals surface area contributed by atoms with Crippen LogP contribution >= 0.6 is 0 Å². The molecule has 0 aromatic heterocycles. The SMILES string of the molecule is CCC1(c2ccccc2)CCC(=O)N(N)C1=O. The highest BCUT2D eigenvalue weighted by atomic mass is 16.2. The van der Waals surface area contributed by atoms with Crippen LogP contribution in [0.4, 0.5) is 0 Å². The van der Waals surface area contributed by atoms with Crippen molar-refractivity contribution in [2.24, 2.45) is 5.84 Å². The lowest BCUT2D eigenvalue weighted by molar-refractivity contribution is -0.154. The van der Waals surface area contributed by atoms with E-state index in [2.05, 4.69) is 0 Å². The largest absolute Gasteiger partial charge is 0.273 e. The normalized spacial score (nSPS) is 25.2. The van der Waals surface area contributed by atoms with E-state index in [1.807, 2.05) is 37.3 Å². The highest BCUT2D eigenvalue weighted by molar-refractivity contribution is 6.02. The fraction of sp³-hybridized carbons (Fsp3) is 0.385. The number of carbonyl (C=O) groups is 2. The average Bonchev–Trinajstić information content (AvgIpc) is 2.38. The minimum Gasteiger partial charge on any atom is -0.273 e. The summed E-state index contributed by atoms with van der Waals surface area (Å²) in [7, 11) is 0. The molecule has 90 valence electrons. The summed E-state index contributed by atoms with van der Waals surface area (Å²) in [6.45, 7) is 1.95. The summed E-state index contributed by atoms with van der Waals surface area (Å²) >= 11 is 0. The number of amides is 2. The molecule has 1 heterocycles. The van der Waals surface area contributed by atoms with Gasteiger partial charge in [-0.25, -0.2) is 10.9 Å². The predicted octanol–water partition coefficient (Wildman–Crippen LogP) is 1.36. The molecule has 1 fully saturated rings. The van der Waals surface area contributed by atoms with E-state index in [1.165, 1.54) is 0 Å². The molecule has 1 aliphatic heterocycles. The van der Waals surface area contributed by atoms with Crippen molar-refractivity contribution in [1.82, 2.24) is 5.01 Å². The molecule has 0 aliphatic carbocycles. The monoisotopic (exact) mass is 232 g/mol. The first-order valence-electron chi connectivity index (χ1n) is 5.79. The molecule has 0 radical (unpaired) electrons. The van der Waals surface area contributed by atoms with Crippen molar-refractivity contribution in [3.05, 3.63) is 35.9 Å². The molecular formula is C13H16N2O2. The van der Waals surface area contributed by atoms with Gasteiger partial charge in [-0.3, -0.25) is 9.59 Å². The Labute approximate surface area is 100 Å². The van der Waals surface area contributed by atoms with Crippen LogP contribution in [0.15, 0.2) is 30.3 Å². The van der Waals surface area contributed by atoms with Crippen LogP contribution < -0.4 is 5.84 Å². The number of hydrazine groups is 1. The van der Waals surface area contributed by atoms with Gasteiger partial charge in [-0.2, -0.15) is 0 Å². The first-order chi connectivity index (χ1) is 8.12. The van der Waals surface area contributed by atoms with Crippen LogP contribution in [0, 0.1) is 0 Å². The number of imide groups is 1. The van der Waals surface area contributed by atoms with Crippen LogP contribution in [-0.2, 0) is 15.0 Å². The van der Waals surface area contributed by atoms with Gasteiger partial charge in [-0.15, -0.1) is 0 Å². The molecule has 1 unspecified atom stereocenters. The zero-order chi connectivity index (χ0) is 12.5. The van der Waals surface area contributed by atoms with E-state index < -0.39 is 5.41 Å². The second-order valence-electron chi connectivity index (χ2n) is 4.37. The molecule has 1 atom stereocenters. The summed E-state index contributed by atoms with van der Waals surface area (Å²) in [5.41, 5.74) is 0.305. The Kier molecular flexibility index (Phi) is 2.98. The number of nitrogens with zero attached hydrogens (tertiary/aromatic N) is 1. The van der Waals surface area contributed by atoms with Crippen molar-refractivity contribution in [1.29, 1.82) is 0 Å². The molecule has 2 rings (SSSR count). The number of carbonyl (C=O) groups excluding carboxylic acids is 2. The molecule has 0 saturated carbocycles. The third-order valence-corrected chi connectivity index (χ3v) is 3.59. The third-order valence-electron chi connectivity index (χ3n) is 3.59. The molecule has 0 bridgehead atoms. The van der Waals surface area contributed by atoms with Crippen LogP contribution in [0.25, 0.3) is 0 Å². The summed E-state index contributed by atoms with van der Waals surface area (Å²) in [5.74, 6) is 4.96. The van der Waals surface area contributed by atoms with Crippen LogP contribution in [0.5, 0.6) is 0 Å². The molecule has 0 spiro atoms. The molecule has 2 N–H and O–H groups in total. The maximum absolute atomic E-state index is 12.3. The van der Waals surface area contributed by atoms with E-state index in [-0.39, 0.29) is 11.8 Å². The first kappa shape index (κ1) is 11.8. The predicted molar refractivity (Wildman–Crippen MR) is 63.7 cm³/mol. The van der Waals surface area contributed by atoms with Gasteiger partial charge in [0.05, 0.1) is 5.41 Å². The lowest BCUT2D eigenvalue weighted by Crippen LogP contribution is -2.56. The molecular weight excluding hydrogens is 216 g/mol. The Balaban J connectivity index is 2.45. The maximum atomic E-state index is 12.3. The minimum atomic E-state index is -0.635. The van der Waals surface area contributed by atoms with Crippen molar-refractivity contribution in [2.45, 2.75) is 31.6 Å². The molecule has 1 saturated heterocycles. The van der Waals surface area contributed by atoms with Crippen LogP contribution in [0.1, 0.15) is 31.7 Å². The van der Waals surface area contributed by atoms with Gasteiger partial charge >= 0.3 is 0 Å². The Morgan fingerprint density at radius 1 is 1.29 bits per heavy atom. The number of benzene rings is 1. The van der Waals surface area contributed by atoms with E-state index in [9.17, 15) is 9.59 Å². The van der Waals surface area contributed by atoms with Gasteiger partial charge in [0.25, 0.3) is 5.91 Å². The highest BCUT2D eigenvalue weighted by Gasteiger charge is 2.46. The van der Waals surface area contributed by atoms with Gasteiger partial charge in [0.15, 0.2) is 0 Å². The minimum absolute atomic E-state index is 0.289. The van der Waals surface area contributed by atoms with Crippen molar-refractivity contribution in [3.63, 3.8) is 0 Å². The molecule has 4 nitrogen and oxygen atoms in total. The third kappa shape index (κ3) is 1.74. The van der Waals surface area contributed by atoms with Gasteiger partial charge in [-0.1, -0.05) is 37.3 Å². The number of nitrogens with two attached hydrogens (primary N) is 1. The van der Waals surface area contributed by atoms with E-state index in [1.54, 1.807) is 0 Å². The lowest BCUT2D eigenvalue weighted by atomic mass is 9.71. The number of hydrogen-bond donors (Lipinski definition) is 1. The zero-order valence-electron chi connectivity index (χ0n) is 9.85. The average molecular weight is 232 g/mol. The highest BCUT2D eigenvalue weighted by Crippen LogP contribution is 2.37. The summed E-state index contributed by atoms with van der Waals surface area (Å²) in [4.78, 5) is 23.7. The number of rotatable bonds is 2. The summed E-state index contributed by atoms with van der Waals surface area (Å²) in [6.07, 6.45) is 1.51. The molecule has 17 heavy (non-hydrogen) atoms. The summed E-state index contributed by atoms with van der Waals surface area (Å²) in [5, 5.41) is 0.778. The van der Waals surface area contributed by atoms with Gasteiger partial charge in [0.1, 0.15) is 0 Å². The lowest BCUT2D eigenvalue weighted by Gasteiger charge is -2.38.